The van der Waals surface area contributed by atoms with Gasteiger partial charge in [0.05, 0.1) is 22.7 Å². The zero-order valence-corrected chi connectivity index (χ0v) is 19.8. The Hall–Kier alpha value is -2.51. The molecule has 2 amide bonds. The molecule has 6 nitrogen and oxygen atoms in total. The molecular weight excluding hydrogens is 547 g/mol. The highest BCUT2D eigenvalue weighted by atomic mass is 35.5. The minimum Gasteiger partial charge on any atom is -0.374 e. The molecule has 0 fully saturated rings. The molecular formula is C20H15Cl2F6N3O3S. The third-order valence-electron chi connectivity index (χ3n) is 4.85. The molecule has 0 saturated carbocycles. The van der Waals surface area contributed by atoms with E-state index < -0.39 is 49.3 Å². The molecule has 190 valence electrons. The maximum absolute atomic E-state index is 14.1. The van der Waals surface area contributed by atoms with E-state index in [-0.39, 0.29) is 31.1 Å². The van der Waals surface area contributed by atoms with Crippen LogP contribution >= 0.6 is 34.5 Å². The van der Waals surface area contributed by atoms with E-state index in [1.165, 1.54) is 24.4 Å². The third-order valence-corrected chi connectivity index (χ3v) is 6.57. The highest BCUT2D eigenvalue weighted by Gasteiger charge is 2.62. The molecule has 2 heterocycles. The van der Waals surface area contributed by atoms with E-state index in [9.17, 15) is 35.9 Å². The van der Waals surface area contributed by atoms with Crippen molar-refractivity contribution in [3.05, 3.63) is 55.2 Å². The van der Waals surface area contributed by atoms with Gasteiger partial charge in [0.25, 0.3) is 17.9 Å². The van der Waals surface area contributed by atoms with Crippen LogP contribution in [0.4, 0.5) is 26.3 Å². The summed E-state index contributed by atoms with van der Waals surface area (Å²) in [6.07, 6.45) is -12.0. The van der Waals surface area contributed by atoms with Gasteiger partial charge in [0.2, 0.25) is 12.2 Å². The zero-order valence-electron chi connectivity index (χ0n) is 17.5. The van der Waals surface area contributed by atoms with E-state index in [1.807, 2.05) is 0 Å². The van der Waals surface area contributed by atoms with Crippen molar-refractivity contribution in [1.29, 1.82) is 0 Å². The van der Waals surface area contributed by atoms with E-state index in [0.29, 0.717) is 5.56 Å². The van der Waals surface area contributed by atoms with Crippen molar-refractivity contribution >= 4 is 52.1 Å². The molecule has 1 aromatic heterocycles. The molecule has 0 spiro atoms. The first kappa shape index (κ1) is 27.1. The summed E-state index contributed by atoms with van der Waals surface area (Å²) >= 11 is 12.5. The van der Waals surface area contributed by atoms with Crippen LogP contribution in [0, 0.1) is 6.92 Å². The standard InChI is InChI=1S/C20H15Cl2F6N3O3S/c1-8-2-13(35-15(8)18(33)29-7-14(32)30-17(25)16(23)24)12-6-19(34-31-12,20(26,27)28)9-3-10(21)5-11(22)4-9/h2-5,16-17H,6-7H2,1H3,(H,29,33)(H,30,32). The van der Waals surface area contributed by atoms with Crippen molar-refractivity contribution in [2.24, 2.45) is 5.16 Å². The summed E-state index contributed by atoms with van der Waals surface area (Å²) in [4.78, 5) is 29.0. The van der Waals surface area contributed by atoms with Crippen LogP contribution in [0.5, 0.6) is 0 Å². The molecule has 2 atom stereocenters. The monoisotopic (exact) mass is 561 g/mol. The van der Waals surface area contributed by atoms with Gasteiger partial charge in [0.1, 0.15) is 5.71 Å². The van der Waals surface area contributed by atoms with Crippen LogP contribution in [0.25, 0.3) is 0 Å². The Morgan fingerprint density at radius 1 is 1.17 bits per heavy atom. The van der Waals surface area contributed by atoms with Crippen molar-refractivity contribution in [3.63, 3.8) is 0 Å². The lowest BCUT2D eigenvalue weighted by Gasteiger charge is -2.29. The highest BCUT2D eigenvalue weighted by molar-refractivity contribution is 7.16. The zero-order chi connectivity index (χ0) is 26.1. The lowest BCUT2D eigenvalue weighted by atomic mass is 9.88. The second kappa shape index (κ2) is 10.2. The van der Waals surface area contributed by atoms with Gasteiger partial charge in [-0.25, -0.2) is 13.2 Å². The van der Waals surface area contributed by atoms with Crippen LogP contribution in [0.15, 0.2) is 29.4 Å². The smallest absolute Gasteiger partial charge is 0.374 e. The quantitative estimate of drug-likeness (QED) is 0.353. The van der Waals surface area contributed by atoms with E-state index in [4.69, 9.17) is 28.0 Å². The second-order valence-electron chi connectivity index (χ2n) is 7.40. The predicted octanol–water partition coefficient (Wildman–Crippen LogP) is 5.35. The van der Waals surface area contributed by atoms with Crippen LogP contribution in [0.2, 0.25) is 10.0 Å². The van der Waals surface area contributed by atoms with Gasteiger partial charge in [0, 0.05) is 15.6 Å². The molecule has 0 bridgehead atoms. The molecule has 2 N–H and O–H groups in total. The number of hydrogen-bond acceptors (Lipinski definition) is 5. The molecule has 2 aromatic rings. The lowest BCUT2D eigenvalue weighted by molar-refractivity contribution is -0.275. The Balaban J connectivity index is 1.77. The number of amides is 2. The van der Waals surface area contributed by atoms with Crippen molar-refractivity contribution in [1.82, 2.24) is 10.6 Å². The molecule has 3 rings (SSSR count). The van der Waals surface area contributed by atoms with E-state index >= 15 is 0 Å². The van der Waals surface area contributed by atoms with Crippen molar-refractivity contribution in [2.45, 2.75) is 37.8 Å². The van der Waals surface area contributed by atoms with Crippen molar-refractivity contribution in [2.75, 3.05) is 6.54 Å². The molecule has 2 unspecified atom stereocenters. The number of carbonyl (C=O) groups excluding carboxylic acids is 2. The van der Waals surface area contributed by atoms with Gasteiger partial charge in [-0.05, 0) is 36.8 Å². The Bertz CT molecular complexity index is 1150. The van der Waals surface area contributed by atoms with Crippen molar-refractivity contribution < 1.29 is 40.8 Å². The first-order valence-corrected chi connectivity index (χ1v) is 11.2. The Morgan fingerprint density at radius 2 is 1.80 bits per heavy atom. The molecule has 1 aromatic carbocycles. The van der Waals surface area contributed by atoms with Gasteiger partial charge < -0.3 is 15.5 Å². The summed E-state index contributed by atoms with van der Waals surface area (Å²) in [7, 11) is 0. The maximum Gasteiger partial charge on any atom is 0.435 e. The number of thiophene rings is 1. The number of alkyl halides is 6. The Kier molecular flexibility index (Phi) is 7.92. The number of hydrogen-bond donors (Lipinski definition) is 2. The summed E-state index contributed by atoms with van der Waals surface area (Å²) in [6, 6.07) is 4.81. The summed E-state index contributed by atoms with van der Waals surface area (Å²) in [5.41, 5.74) is -2.96. The fraction of sp³-hybridized carbons (Fsp3) is 0.350. The molecule has 1 aliphatic rings. The summed E-state index contributed by atoms with van der Waals surface area (Å²) in [6.45, 7) is 0.697. The highest BCUT2D eigenvalue weighted by Crippen LogP contribution is 2.50. The number of nitrogens with one attached hydrogen (secondary N) is 2. The molecule has 0 saturated heterocycles. The van der Waals surface area contributed by atoms with Crippen LogP contribution in [-0.4, -0.2) is 43.0 Å². The minimum atomic E-state index is -4.90. The van der Waals surface area contributed by atoms with Crippen LogP contribution in [-0.2, 0) is 15.2 Å². The number of benzene rings is 1. The average Bonchev–Trinajstić information content (AvgIpc) is 3.36. The van der Waals surface area contributed by atoms with E-state index in [2.05, 4.69) is 10.5 Å². The van der Waals surface area contributed by atoms with Gasteiger partial charge in [-0.3, -0.25) is 9.59 Å². The van der Waals surface area contributed by atoms with Gasteiger partial charge in [-0.2, -0.15) is 13.2 Å². The number of rotatable bonds is 7. The summed E-state index contributed by atoms with van der Waals surface area (Å²) in [5, 5.41) is 7.05. The second-order valence-corrected chi connectivity index (χ2v) is 9.32. The first-order valence-electron chi connectivity index (χ1n) is 9.62. The summed E-state index contributed by atoms with van der Waals surface area (Å²) in [5.74, 6) is -2.01. The number of aryl methyl sites for hydroxylation is 1. The van der Waals surface area contributed by atoms with Gasteiger partial charge in [0.15, 0.2) is 0 Å². The van der Waals surface area contributed by atoms with Crippen LogP contribution < -0.4 is 10.6 Å². The maximum atomic E-state index is 14.1. The van der Waals surface area contributed by atoms with E-state index in [1.54, 1.807) is 0 Å². The lowest BCUT2D eigenvalue weighted by Crippen LogP contribution is -2.42. The molecule has 0 radical (unpaired) electrons. The van der Waals surface area contributed by atoms with Crippen LogP contribution in [0.3, 0.4) is 0 Å². The Morgan fingerprint density at radius 3 is 2.37 bits per heavy atom. The normalized spacial score (nSPS) is 18.7. The fourth-order valence-corrected chi connectivity index (χ4v) is 4.77. The predicted molar refractivity (Wildman–Crippen MR) is 117 cm³/mol. The number of carbonyl (C=O) groups is 2. The van der Waals surface area contributed by atoms with Crippen LogP contribution in [0.1, 0.15) is 32.1 Å². The number of oxime groups is 1. The van der Waals surface area contributed by atoms with Gasteiger partial charge in [-0.15, -0.1) is 11.3 Å². The first-order chi connectivity index (χ1) is 16.2. The number of nitrogens with zero attached hydrogens (tertiary/aromatic N) is 1. The van der Waals surface area contributed by atoms with Gasteiger partial charge >= 0.3 is 6.18 Å². The molecule has 35 heavy (non-hydrogen) atoms. The molecule has 15 heteroatoms. The Labute approximate surface area is 208 Å². The average molecular weight is 562 g/mol. The number of halogens is 8. The third kappa shape index (κ3) is 5.84. The fourth-order valence-electron chi connectivity index (χ4n) is 3.18. The molecule has 0 aliphatic carbocycles. The minimum absolute atomic E-state index is 0.0245. The largest absolute Gasteiger partial charge is 0.435 e. The van der Waals surface area contributed by atoms with Crippen molar-refractivity contribution in [3.8, 4) is 0 Å². The van der Waals surface area contributed by atoms with Gasteiger partial charge in [-0.1, -0.05) is 28.4 Å². The topological polar surface area (TPSA) is 79.8 Å². The summed E-state index contributed by atoms with van der Waals surface area (Å²) < 4.78 is 79.5. The molecule has 1 aliphatic heterocycles. The SMILES string of the molecule is Cc1cc(C2=NOC(c3cc(Cl)cc(Cl)c3)(C(F)(F)F)C2)sc1C(=O)NCC(=O)NC(F)C(F)F. The van der Waals surface area contributed by atoms with E-state index in [0.717, 1.165) is 23.5 Å².